The van der Waals surface area contributed by atoms with Crippen LogP contribution < -0.4 is 5.32 Å². The van der Waals surface area contributed by atoms with E-state index in [0.29, 0.717) is 11.4 Å². The Hall–Kier alpha value is -2.08. The summed E-state index contributed by atoms with van der Waals surface area (Å²) in [5, 5.41) is 2.80. The zero-order valence-corrected chi connectivity index (χ0v) is 18.2. The Morgan fingerprint density at radius 1 is 1.10 bits per heavy atom. The molecule has 0 aromatic heterocycles. The Balaban J connectivity index is 1.19. The van der Waals surface area contributed by atoms with Crippen molar-refractivity contribution in [3.05, 3.63) is 40.3 Å². The van der Waals surface area contributed by atoms with Gasteiger partial charge in [-0.05, 0) is 86.6 Å². The number of benzene rings is 1. The van der Waals surface area contributed by atoms with Crippen molar-refractivity contribution in [2.75, 3.05) is 13.1 Å². The predicted molar refractivity (Wildman–Crippen MR) is 117 cm³/mol. The van der Waals surface area contributed by atoms with E-state index in [2.05, 4.69) is 5.32 Å². The van der Waals surface area contributed by atoms with Crippen LogP contribution in [0.4, 0.5) is 4.79 Å². The van der Waals surface area contributed by atoms with Crippen LogP contribution in [-0.4, -0.2) is 35.0 Å². The van der Waals surface area contributed by atoms with Crippen LogP contribution in [0.15, 0.2) is 29.2 Å². The smallest absolute Gasteiger partial charge is 0.293 e. The maximum absolute atomic E-state index is 13.1. The molecule has 1 aliphatic heterocycles. The van der Waals surface area contributed by atoms with Gasteiger partial charge in [-0.1, -0.05) is 29.8 Å². The number of hydrogen-bond donors (Lipinski definition) is 1. The lowest BCUT2D eigenvalue weighted by Gasteiger charge is -2.55. The van der Waals surface area contributed by atoms with Crippen LogP contribution in [0.25, 0.3) is 6.08 Å². The van der Waals surface area contributed by atoms with E-state index in [1.165, 1.54) is 24.2 Å². The molecule has 1 aromatic rings. The number of hydrogen-bond acceptors (Lipinski definition) is 4. The van der Waals surface area contributed by atoms with E-state index in [1.54, 1.807) is 6.08 Å². The van der Waals surface area contributed by atoms with Gasteiger partial charge in [0.2, 0.25) is 5.91 Å². The molecular formula is C24H28N2O3S. The monoisotopic (exact) mass is 424 g/mol. The fourth-order valence-electron chi connectivity index (χ4n) is 6.36. The van der Waals surface area contributed by atoms with E-state index in [1.807, 2.05) is 31.2 Å². The van der Waals surface area contributed by atoms with Gasteiger partial charge in [0.25, 0.3) is 11.1 Å². The molecule has 0 radical (unpaired) electrons. The van der Waals surface area contributed by atoms with Gasteiger partial charge in [-0.15, -0.1) is 0 Å². The van der Waals surface area contributed by atoms with E-state index >= 15 is 0 Å². The van der Waals surface area contributed by atoms with Crippen LogP contribution in [0.2, 0.25) is 0 Å². The number of nitrogens with one attached hydrogen (secondary N) is 1. The molecule has 5 aliphatic rings. The zero-order chi connectivity index (χ0) is 20.9. The molecule has 6 rings (SSSR count). The molecule has 158 valence electrons. The summed E-state index contributed by atoms with van der Waals surface area (Å²) < 4.78 is 0. The standard InChI is InChI=1S/C24H28N2O3S/c1-15-2-4-16(5-3-15)11-20-21(27)26(23(29)30-20)7-6-25-22(28)24-12-17-8-18(13-24)10-19(9-17)14-24/h2-5,11,17-19H,6-10,12-14H2,1H3,(H,25,28)/b20-11-. The second kappa shape index (κ2) is 7.56. The minimum Gasteiger partial charge on any atom is -0.354 e. The fraction of sp³-hybridized carbons (Fsp3) is 0.542. The number of carbonyl (C=O) groups is 3. The molecule has 1 heterocycles. The minimum atomic E-state index is -0.269. The van der Waals surface area contributed by atoms with Crippen molar-refractivity contribution < 1.29 is 14.4 Å². The SMILES string of the molecule is Cc1ccc(/C=C2\SC(=O)N(CCNC(=O)C34CC5CC(CC(C5)C3)C4)C2=O)cc1. The lowest BCUT2D eigenvalue weighted by Crippen LogP contribution is -2.54. The summed E-state index contributed by atoms with van der Waals surface area (Å²) in [6, 6.07) is 7.84. The molecule has 6 heteroatoms. The average Bonchev–Trinajstić information content (AvgIpc) is 2.96. The first-order chi connectivity index (χ1) is 14.4. The van der Waals surface area contributed by atoms with Crippen molar-refractivity contribution in [1.29, 1.82) is 0 Å². The number of imide groups is 1. The molecular weight excluding hydrogens is 396 g/mol. The van der Waals surface area contributed by atoms with Gasteiger partial charge in [-0.25, -0.2) is 0 Å². The third-order valence-corrected chi connectivity index (χ3v) is 8.30. The summed E-state index contributed by atoms with van der Waals surface area (Å²) in [4.78, 5) is 39.8. The van der Waals surface area contributed by atoms with Gasteiger partial charge < -0.3 is 5.32 Å². The van der Waals surface area contributed by atoms with Gasteiger partial charge in [0.05, 0.1) is 4.91 Å². The van der Waals surface area contributed by atoms with Crippen LogP contribution in [0, 0.1) is 30.1 Å². The summed E-state index contributed by atoms with van der Waals surface area (Å²) in [7, 11) is 0. The van der Waals surface area contributed by atoms with E-state index in [4.69, 9.17) is 0 Å². The number of aryl methyl sites for hydroxylation is 1. The van der Waals surface area contributed by atoms with E-state index < -0.39 is 0 Å². The number of carbonyl (C=O) groups excluding carboxylic acids is 3. The van der Waals surface area contributed by atoms with Crippen LogP contribution in [0.5, 0.6) is 0 Å². The molecule has 4 bridgehead atoms. The maximum Gasteiger partial charge on any atom is 0.293 e. The molecule has 1 aromatic carbocycles. The Morgan fingerprint density at radius 2 is 1.70 bits per heavy atom. The molecule has 0 atom stereocenters. The van der Waals surface area contributed by atoms with Crippen molar-refractivity contribution in [1.82, 2.24) is 10.2 Å². The quantitative estimate of drug-likeness (QED) is 0.713. The highest BCUT2D eigenvalue weighted by molar-refractivity contribution is 8.18. The fourth-order valence-corrected chi connectivity index (χ4v) is 7.23. The lowest BCUT2D eigenvalue weighted by atomic mass is 9.49. The third kappa shape index (κ3) is 3.59. The summed E-state index contributed by atoms with van der Waals surface area (Å²) >= 11 is 0.973. The number of thioether (sulfide) groups is 1. The van der Waals surface area contributed by atoms with Gasteiger partial charge in [0, 0.05) is 18.5 Å². The van der Waals surface area contributed by atoms with E-state index in [9.17, 15) is 14.4 Å². The lowest BCUT2D eigenvalue weighted by molar-refractivity contribution is -0.146. The molecule has 5 fully saturated rings. The van der Waals surface area contributed by atoms with Crippen molar-refractivity contribution in [3.63, 3.8) is 0 Å². The van der Waals surface area contributed by atoms with Crippen molar-refractivity contribution >= 4 is 34.9 Å². The van der Waals surface area contributed by atoms with E-state index in [0.717, 1.165) is 59.9 Å². The number of amides is 3. The second-order valence-corrected chi connectivity index (χ2v) is 10.7. The number of rotatable bonds is 5. The zero-order valence-electron chi connectivity index (χ0n) is 17.4. The van der Waals surface area contributed by atoms with Crippen molar-refractivity contribution in [2.24, 2.45) is 23.2 Å². The van der Waals surface area contributed by atoms with Crippen LogP contribution in [-0.2, 0) is 9.59 Å². The number of nitrogens with zero attached hydrogens (tertiary/aromatic N) is 1. The van der Waals surface area contributed by atoms with Gasteiger partial charge in [-0.3, -0.25) is 19.3 Å². The molecule has 1 saturated heterocycles. The predicted octanol–water partition coefficient (Wildman–Crippen LogP) is 4.36. The summed E-state index contributed by atoms with van der Waals surface area (Å²) in [5.74, 6) is 2.03. The summed E-state index contributed by atoms with van der Waals surface area (Å²) in [5.41, 5.74) is 1.86. The highest BCUT2D eigenvalue weighted by Crippen LogP contribution is 2.60. The second-order valence-electron chi connectivity index (χ2n) is 9.70. The Kier molecular flexibility index (Phi) is 5.00. The van der Waals surface area contributed by atoms with Gasteiger partial charge >= 0.3 is 0 Å². The van der Waals surface area contributed by atoms with E-state index in [-0.39, 0.29) is 29.0 Å². The maximum atomic E-state index is 13.1. The van der Waals surface area contributed by atoms with Crippen LogP contribution in [0.1, 0.15) is 49.7 Å². The molecule has 4 aliphatic carbocycles. The normalized spacial score (nSPS) is 33.6. The Bertz CT molecular complexity index is 886. The molecule has 4 saturated carbocycles. The largest absolute Gasteiger partial charge is 0.354 e. The Morgan fingerprint density at radius 3 is 2.30 bits per heavy atom. The van der Waals surface area contributed by atoms with Crippen molar-refractivity contribution in [2.45, 2.75) is 45.4 Å². The highest BCUT2D eigenvalue weighted by atomic mass is 32.2. The van der Waals surface area contributed by atoms with Gasteiger partial charge in [0.1, 0.15) is 0 Å². The Labute approximate surface area is 181 Å². The third-order valence-electron chi connectivity index (χ3n) is 7.39. The molecule has 3 amide bonds. The topological polar surface area (TPSA) is 66.5 Å². The van der Waals surface area contributed by atoms with Crippen LogP contribution >= 0.6 is 11.8 Å². The summed E-state index contributed by atoms with van der Waals surface area (Å²) in [6.07, 6.45) is 8.73. The summed E-state index contributed by atoms with van der Waals surface area (Å²) in [6.45, 7) is 2.57. The first kappa shape index (κ1) is 19.9. The van der Waals surface area contributed by atoms with Crippen LogP contribution in [0.3, 0.4) is 0 Å². The molecule has 0 unspecified atom stereocenters. The molecule has 5 nitrogen and oxygen atoms in total. The van der Waals surface area contributed by atoms with Crippen molar-refractivity contribution in [3.8, 4) is 0 Å². The van der Waals surface area contributed by atoms with Gasteiger partial charge in [-0.2, -0.15) is 0 Å². The minimum absolute atomic E-state index is 0.142. The highest BCUT2D eigenvalue weighted by Gasteiger charge is 2.54. The molecule has 0 spiro atoms. The molecule has 1 N–H and O–H groups in total. The average molecular weight is 425 g/mol. The molecule has 30 heavy (non-hydrogen) atoms. The first-order valence-corrected chi connectivity index (χ1v) is 11.8. The first-order valence-electron chi connectivity index (χ1n) is 11.0. The van der Waals surface area contributed by atoms with Gasteiger partial charge in [0.15, 0.2) is 0 Å².